The van der Waals surface area contributed by atoms with Crippen molar-refractivity contribution in [2.75, 3.05) is 31.6 Å². The highest BCUT2D eigenvalue weighted by atomic mass is 15.2. The lowest BCUT2D eigenvalue weighted by Crippen LogP contribution is -2.43. The van der Waals surface area contributed by atoms with E-state index in [0.29, 0.717) is 5.92 Å². The second kappa shape index (κ2) is 4.58. The Morgan fingerprint density at radius 3 is 2.61 bits per heavy atom. The molecule has 0 aromatic heterocycles. The monoisotopic (exact) mass is 244 g/mol. The van der Waals surface area contributed by atoms with E-state index in [1.807, 2.05) is 0 Å². The first-order valence-corrected chi connectivity index (χ1v) is 7.21. The molecular weight excluding hydrogens is 220 g/mol. The lowest BCUT2D eigenvalue weighted by Gasteiger charge is -2.37. The SMILES string of the molecule is Cc1ccc2c(c1)N(C1CCN(C)CC1)CC2C. The molecule has 0 aliphatic carbocycles. The van der Waals surface area contributed by atoms with Crippen LogP contribution in [0.15, 0.2) is 18.2 Å². The number of nitrogens with zero attached hydrogens (tertiary/aromatic N) is 2. The molecule has 18 heavy (non-hydrogen) atoms. The van der Waals surface area contributed by atoms with Gasteiger partial charge >= 0.3 is 0 Å². The number of anilines is 1. The average Bonchev–Trinajstić information content (AvgIpc) is 2.67. The van der Waals surface area contributed by atoms with Crippen LogP contribution in [0.5, 0.6) is 0 Å². The molecule has 2 heterocycles. The van der Waals surface area contributed by atoms with E-state index in [2.05, 4.69) is 48.9 Å². The Bertz CT molecular complexity index is 433. The Morgan fingerprint density at radius 2 is 1.89 bits per heavy atom. The number of aryl methyl sites for hydroxylation is 1. The highest BCUT2D eigenvalue weighted by molar-refractivity contribution is 5.62. The summed E-state index contributed by atoms with van der Waals surface area (Å²) >= 11 is 0. The van der Waals surface area contributed by atoms with Crippen molar-refractivity contribution in [1.82, 2.24) is 4.90 Å². The van der Waals surface area contributed by atoms with Crippen LogP contribution in [0.25, 0.3) is 0 Å². The Labute approximate surface area is 111 Å². The minimum absolute atomic E-state index is 0.695. The fourth-order valence-corrected chi connectivity index (χ4v) is 3.46. The van der Waals surface area contributed by atoms with Gasteiger partial charge in [0.05, 0.1) is 0 Å². The molecule has 0 bridgehead atoms. The number of piperidine rings is 1. The van der Waals surface area contributed by atoms with E-state index in [9.17, 15) is 0 Å². The molecule has 1 aromatic carbocycles. The molecule has 1 saturated heterocycles. The molecule has 0 saturated carbocycles. The summed E-state index contributed by atoms with van der Waals surface area (Å²) in [5.41, 5.74) is 4.46. The lowest BCUT2D eigenvalue weighted by atomic mass is 10.0. The Kier molecular flexibility index (Phi) is 3.06. The van der Waals surface area contributed by atoms with Gasteiger partial charge in [0.2, 0.25) is 0 Å². The summed E-state index contributed by atoms with van der Waals surface area (Å²) in [5, 5.41) is 0. The van der Waals surface area contributed by atoms with Crippen molar-refractivity contribution in [3.05, 3.63) is 29.3 Å². The van der Waals surface area contributed by atoms with Crippen molar-refractivity contribution >= 4 is 5.69 Å². The topological polar surface area (TPSA) is 6.48 Å². The van der Waals surface area contributed by atoms with Crippen LogP contribution in [0.1, 0.15) is 36.8 Å². The molecule has 0 radical (unpaired) electrons. The van der Waals surface area contributed by atoms with E-state index >= 15 is 0 Å². The van der Waals surface area contributed by atoms with Crippen LogP contribution in [0.4, 0.5) is 5.69 Å². The normalized spacial score (nSPS) is 25.5. The summed E-state index contributed by atoms with van der Waals surface area (Å²) in [6.07, 6.45) is 2.63. The first-order chi connectivity index (χ1) is 8.65. The fourth-order valence-electron chi connectivity index (χ4n) is 3.46. The van der Waals surface area contributed by atoms with E-state index in [1.165, 1.54) is 43.7 Å². The Balaban J connectivity index is 1.85. The Morgan fingerprint density at radius 1 is 1.17 bits per heavy atom. The molecule has 1 atom stereocenters. The zero-order valence-corrected chi connectivity index (χ0v) is 11.8. The van der Waals surface area contributed by atoms with E-state index in [4.69, 9.17) is 0 Å². The van der Waals surface area contributed by atoms with Crippen molar-refractivity contribution in [2.24, 2.45) is 0 Å². The molecule has 3 rings (SSSR count). The van der Waals surface area contributed by atoms with Crippen LogP contribution in [0.2, 0.25) is 0 Å². The van der Waals surface area contributed by atoms with Crippen molar-refractivity contribution in [1.29, 1.82) is 0 Å². The third-order valence-corrected chi connectivity index (χ3v) is 4.63. The zero-order chi connectivity index (χ0) is 12.7. The maximum Gasteiger partial charge on any atom is 0.0407 e. The first kappa shape index (κ1) is 12.0. The Hall–Kier alpha value is -1.02. The first-order valence-electron chi connectivity index (χ1n) is 7.21. The van der Waals surface area contributed by atoms with Gasteiger partial charge in [0.15, 0.2) is 0 Å². The maximum absolute atomic E-state index is 2.68. The number of fused-ring (bicyclic) bond motifs is 1. The van der Waals surface area contributed by atoms with Gasteiger partial charge in [-0.1, -0.05) is 19.1 Å². The highest BCUT2D eigenvalue weighted by Crippen LogP contribution is 2.39. The molecule has 98 valence electrons. The van der Waals surface area contributed by atoms with Crippen molar-refractivity contribution in [3.63, 3.8) is 0 Å². The second-order valence-corrected chi connectivity index (χ2v) is 6.15. The third-order valence-electron chi connectivity index (χ3n) is 4.63. The zero-order valence-electron chi connectivity index (χ0n) is 11.8. The molecular formula is C16H24N2. The van der Waals surface area contributed by atoms with E-state index in [-0.39, 0.29) is 0 Å². The largest absolute Gasteiger partial charge is 0.368 e. The van der Waals surface area contributed by atoms with Crippen molar-refractivity contribution < 1.29 is 0 Å². The molecule has 0 amide bonds. The highest BCUT2D eigenvalue weighted by Gasteiger charge is 2.31. The second-order valence-electron chi connectivity index (χ2n) is 6.15. The molecule has 1 aromatic rings. The molecule has 2 heteroatoms. The molecule has 1 fully saturated rings. The predicted octanol–water partition coefficient (Wildman–Crippen LogP) is 3.01. The molecule has 0 spiro atoms. The quantitative estimate of drug-likeness (QED) is 0.749. The molecule has 2 aliphatic rings. The van der Waals surface area contributed by atoms with Crippen LogP contribution in [0.3, 0.4) is 0 Å². The van der Waals surface area contributed by atoms with Gasteiger partial charge in [-0.2, -0.15) is 0 Å². The summed E-state index contributed by atoms with van der Waals surface area (Å²) in [6, 6.07) is 7.74. The van der Waals surface area contributed by atoms with Gasteiger partial charge < -0.3 is 9.80 Å². The molecule has 0 N–H and O–H groups in total. The van der Waals surface area contributed by atoms with Gasteiger partial charge in [-0.05, 0) is 57.1 Å². The molecule has 2 nitrogen and oxygen atoms in total. The number of rotatable bonds is 1. The van der Waals surface area contributed by atoms with Crippen molar-refractivity contribution in [3.8, 4) is 0 Å². The minimum Gasteiger partial charge on any atom is -0.368 e. The van der Waals surface area contributed by atoms with Crippen molar-refractivity contribution in [2.45, 2.75) is 38.6 Å². The van der Waals surface area contributed by atoms with Gasteiger partial charge in [0.25, 0.3) is 0 Å². The minimum atomic E-state index is 0.695. The lowest BCUT2D eigenvalue weighted by molar-refractivity contribution is 0.250. The fraction of sp³-hybridized carbons (Fsp3) is 0.625. The molecule has 2 aliphatic heterocycles. The number of hydrogen-bond acceptors (Lipinski definition) is 2. The average molecular weight is 244 g/mol. The van der Waals surface area contributed by atoms with Crippen LogP contribution in [-0.4, -0.2) is 37.6 Å². The van der Waals surface area contributed by atoms with Crippen LogP contribution in [0, 0.1) is 6.92 Å². The summed E-state index contributed by atoms with van der Waals surface area (Å²) in [7, 11) is 2.24. The van der Waals surface area contributed by atoms with Gasteiger partial charge in [-0.15, -0.1) is 0 Å². The van der Waals surface area contributed by atoms with Gasteiger partial charge in [0.1, 0.15) is 0 Å². The number of hydrogen-bond donors (Lipinski definition) is 0. The summed E-state index contributed by atoms with van der Waals surface area (Å²) in [5.74, 6) is 0.695. The van der Waals surface area contributed by atoms with Gasteiger partial charge in [-0.3, -0.25) is 0 Å². The smallest absolute Gasteiger partial charge is 0.0407 e. The van der Waals surface area contributed by atoms with E-state index in [1.54, 1.807) is 5.56 Å². The summed E-state index contributed by atoms with van der Waals surface area (Å²) in [6.45, 7) is 8.28. The standard InChI is InChI=1S/C16H24N2/c1-12-4-5-15-13(2)11-18(16(15)10-12)14-6-8-17(3)9-7-14/h4-5,10,13-14H,6-9,11H2,1-3H3. The summed E-state index contributed by atoms with van der Waals surface area (Å²) < 4.78 is 0. The third kappa shape index (κ3) is 2.03. The van der Waals surface area contributed by atoms with Gasteiger partial charge in [0, 0.05) is 24.2 Å². The van der Waals surface area contributed by atoms with Gasteiger partial charge in [-0.25, -0.2) is 0 Å². The summed E-state index contributed by atoms with van der Waals surface area (Å²) in [4.78, 5) is 5.13. The predicted molar refractivity (Wildman–Crippen MR) is 77.5 cm³/mol. The van der Waals surface area contributed by atoms with Crippen LogP contribution in [-0.2, 0) is 0 Å². The van der Waals surface area contributed by atoms with Crippen LogP contribution < -0.4 is 4.90 Å². The van der Waals surface area contributed by atoms with Crippen LogP contribution >= 0.6 is 0 Å². The number of benzene rings is 1. The van der Waals surface area contributed by atoms with E-state index in [0.717, 1.165) is 6.04 Å². The van der Waals surface area contributed by atoms with E-state index < -0.39 is 0 Å². The maximum atomic E-state index is 2.68. The molecule has 1 unspecified atom stereocenters. The number of likely N-dealkylation sites (tertiary alicyclic amines) is 1.